The molecule has 3 rings (SSSR count). The second-order valence-corrected chi connectivity index (χ2v) is 6.35. The number of hydrogen-bond donors (Lipinski definition) is 0. The molecule has 1 aromatic carbocycles. The summed E-state index contributed by atoms with van der Waals surface area (Å²) < 4.78 is 0. The number of pyridine rings is 1. The molecule has 0 N–H and O–H groups in total. The maximum absolute atomic E-state index is 6.02. The Morgan fingerprint density at radius 2 is 1.64 bits per heavy atom. The van der Waals surface area contributed by atoms with Crippen molar-refractivity contribution >= 4 is 23.0 Å². The quantitative estimate of drug-likeness (QED) is 0.781. The molecule has 116 valence electrons. The van der Waals surface area contributed by atoms with E-state index in [4.69, 9.17) is 11.6 Å². The van der Waals surface area contributed by atoms with Crippen LogP contribution in [0.3, 0.4) is 0 Å². The van der Waals surface area contributed by atoms with Crippen LogP contribution in [-0.4, -0.2) is 31.2 Å². The first-order valence-corrected chi connectivity index (χ1v) is 8.12. The minimum atomic E-state index is 0.595. The van der Waals surface area contributed by atoms with Gasteiger partial charge in [0.1, 0.15) is 5.15 Å². The molecular weight excluding hydrogens is 294 g/mol. The van der Waals surface area contributed by atoms with Crippen molar-refractivity contribution in [3.05, 3.63) is 52.3 Å². The normalized spacial score (nSPS) is 15.3. The predicted octanol–water partition coefficient (Wildman–Crippen LogP) is 3.99. The average molecular weight is 316 g/mol. The third-order valence-electron chi connectivity index (χ3n) is 4.56. The molecule has 1 aromatic heterocycles. The van der Waals surface area contributed by atoms with E-state index in [0.29, 0.717) is 5.15 Å². The standard InChI is InChI=1S/C18H22ClN3/c1-13-5-4-6-17(15(13)3)22-9-7-21(8-10-22)16-11-14(2)18(19)20-12-16/h4-6,11-12H,7-10H2,1-3H3. The van der Waals surface area contributed by atoms with E-state index in [2.05, 4.69) is 52.9 Å². The summed E-state index contributed by atoms with van der Waals surface area (Å²) in [5.74, 6) is 0. The summed E-state index contributed by atoms with van der Waals surface area (Å²) >= 11 is 6.02. The molecule has 2 heterocycles. The Bertz CT molecular complexity index is 676. The lowest BCUT2D eigenvalue weighted by atomic mass is 10.1. The maximum atomic E-state index is 6.02. The van der Waals surface area contributed by atoms with E-state index in [-0.39, 0.29) is 0 Å². The van der Waals surface area contributed by atoms with E-state index in [0.717, 1.165) is 31.7 Å². The topological polar surface area (TPSA) is 19.4 Å². The molecule has 0 unspecified atom stereocenters. The molecule has 0 radical (unpaired) electrons. The predicted molar refractivity (Wildman–Crippen MR) is 94.3 cm³/mol. The molecule has 0 amide bonds. The molecule has 0 saturated carbocycles. The summed E-state index contributed by atoms with van der Waals surface area (Å²) in [6.07, 6.45) is 1.88. The van der Waals surface area contributed by atoms with Gasteiger partial charge in [-0.3, -0.25) is 0 Å². The lowest BCUT2D eigenvalue weighted by Gasteiger charge is -2.38. The summed E-state index contributed by atoms with van der Waals surface area (Å²) in [4.78, 5) is 9.13. The fraction of sp³-hybridized carbons (Fsp3) is 0.389. The number of rotatable bonds is 2. The van der Waals surface area contributed by atoms with Crippen molar-refractivity contribution in [3.63, 3.8) is 0 Å². The maximum Gasteiger partial charge on any atom is 0.132 e. The van der Waals surface area contributed by atoms with Gasteiger partial charge in [-0.05, 0) is 49.6 Å². The van der Waals surface area contributed by atoms with E-state index in [1.165, 1.54) is 22.5 Å². The van der Waals surface area contributed by atoms with Crippen molar-refractivity contribution < 1.29 is 0 Å². The smallest absolute Gasteiger partial charge is 0.132 e. The van der Waals surface area contributed by atoms with E-state index in [1.807, 2.05) is 13.1 Å². The van der Waals surface area contributed by atoms with Crippen molar-refractivity contribution in [1.82, 2.24) is 4.98 Å². The minimum Gasteiger partial charge on any atom is -0.368 e. The Labute approximate surface area is 137 Å². The van der Waals surface area contributed by atoms with Gasteiger partial charge in [0.05, 0.1) is 11.9 Å². The van der Waals surface area contributed by atoms with Crippen LogP contribution in [0.2, 0.25) is 5.15 Å². The van der Waals surface area contributed by atoms with Gasteiger partial charge in [-0.25, -0.2) is 4.98 Å². The molecular formula is C18H22ClN3. The highest BCUT2D eigenvalue weighted by Gasteiger charge is 2.19. The third kappa shape index (κ3) is 2.91. The van der Waals surface area contributed by atoms with Crippen LogP contribution in [0.25, 0.3) is 0 Å². The molecule has 1 aliphatic rings. The fourth-order valence-corrected chi connectivity index (χ4v) is 3.10. The molecule has 0 spiro atoms. The van der Waals surface area contributed by atoms with E-state index in [1.54, 1.807) is 0 Å². The number of aryl methyl sites for hydroxylation is 2. The number of hydrogen-bond acceptors (Lipinski definition) is 3. The third-order valence-corrected chi connectivity index (χ3v) is 4.96. The molecule has 0 aliphatic carbocycles. The van der Waals surface area contributed by atoms with Gasteiger partial charge in [-0.2, -0.15) is 0 Å². The Kier molecular flexibility index (Phi) is 4.25. The van der Waals surface area contributed by atoms with Gasteiger partial charge in [0, 0.05) is 31.9 Å². The Balaban J connectivity index is 1.72. The van der Waals surface area contributed by atoms with Crippen LogP contribution in [0.15, 0.2) is 30.5 Å². The Morgan fingerprint density at radius 3 is 2.32 bits per heavy atom. The van der Waals surface area contributed by atoms with E-state index >= 15 is 0 Å². The van der Waals surface area contributed by atoms with E-state index < -0.39 is 0 Å². The molecule has 4 heteroatoms. The van der Waals surface area contributed by atoms with Gasteiger partial charge in [-0.1, -0.05) is 23.7 Å². The molecule has 2 aromatic rings. The highest BCUT2D eigenvalue weighted by molar-refractivity contribution is 6.30. The Morgan fingerprint density at radius 1 is 0.955 bits per heavy atom. The van der Waals surface area contributed by atoms with Crippen LogP contribution in [0.1, 0.15) is 16.7 Å². The molecule has 22 heavy (non-hydrogen) atoms. The lowest BCUT2D eigenvalue weighted by Crippen LogP contribution is -2.46. The van der Waals surface area contributed by atoms with Crippen molar-refractivity contribution in [2.24, 2.45) is 0 Å². The second-order valence-electron chi connectivity index (χ2n) is 5.99. The molecule has 1 fully saturated rings. The van der Waals surface area contributed by atoms with Crippen molar-refractivity contribution in [3.8, 4) is 0 Å². The molecule has 1 saturated heterocycles. The van der Waals surface area contributed by atoms with Crippen molar-refractivity contribution in [2.45, 2.75) is 20.8 Å². The minimum absolute atomic E-state index is 0.595. The van der Waals surface area contributed by atoms with Crippen LogP contribution < -0.4 is 9.80 Å². The average Bonchev–Trinajstić information content (AvgIpc) is 2.53. The molecule has 1 aliphatic heterocycles. The summed E-state index contributed by atoms with van der Waals surface area (Å²) in [5, 5.41) is 0.595. The highest BCUT2D eigenvalue weighted by Crippen LogP contribution is 2.26. The van der Waals surface area contributed by atoms with Gasteiger partial charge in [0.15, 0.2) is 0 Å². The van der Waals surface area contributed by atoms with Gasteiger partial charge in [-0.15, -0.1) is 0 Å². The van der Waals surface area contributed by atoms with Crippen LogP contribution in [-0.2, 0) is 0 Å². The second kappa shape index (κ2) is 6.17. The largest absolute Gasteiger partial charge is 0.368 e. The summed E-state index contributed by atoms with van der Waals surface area (Å²) in [5.41, 5.74) is 6.32. The van der Waals surface area contributed by atoms with Crippen LogP contribution in [0.5, 0.6) is 0 Å². The first kappa shape index (κ1) is 15.2. The first-order chi connectivity index (χ1) is 10.6. The van der Waals surface area contributed by atoms with Crippen molar-refractivity contribution in [2.75, 3.05) is 36.0 Å². The zero-order valence-corrected chi connectivity index (χ0v) is 14.2. The highest BCUT2D eigenvalue weighted by atomic mass is 35.5. The van der Waals surface area contributed by atoms with Gasteiger partial charge < -0.3 is 9.80 Å². The number of anilines is 2. The van der Waals surface area contributed by atoms with Crippen molar-refractivity contribution in [1.29, 1.82) is 0 Å². The summed E-state index contributed by atoms with van der Waals surface area (Å²) in [6, 6.07) is 8.68. The molecule has 0 bridgehead atoms. The van der Waals surface area contributed by atoms with Crippen LogP contribution in [0, 0.1) is 20.8 Å². The van der Waals surface area contributed by atoms with Crippen LogP contribution >= 0.6 is 11.6 Å². The monoisotopic (exact) mass is 315 g/mol. The van der Waals surface area contributed by atoms with Gasteiger partial charge in [0.2, 0.25) is 0 Å². The van der Waals surface area contributed by atoms with Crippen LogP contribution in [0.4, 0.5) is 11.4 Å². The van der Waals surface area contributed by atoms with Gasteiger partial charge in [0.25, 0.3) is 0 Å². The number of nitrogens with zero attached hydrogens (tertiary/aromatic N) is 3. The fourth-order valence-electron chi connectivity index (χ4n) is 3.00. The molecule has 0 atom stereocenters. The Hall–Kier alpha value is -1.74. The summed E-state index contributed by atoms with van der Waals surface area (Å²) in [7, 11) is 0. The number of piperazine rings is 1. The molecule has 3 nitrogen and oxygen atoms in total. The SMILES string of the molecule is Cc1cc(N2CCN(c3cccc(C)c3C)CC2)cnc1Cl. The number of benzene rings is 1. The van der Waals surface area contributed by atoms with E-state index in [9.17, 15) is 0 Å². The number of aromatic nitrogens is 1. The zero-order valence-electron chi connectivity index (χ0n) is 13.4. The zero-order chi connectivity index (χ0) is 15.7. The van der Waals surface area contributed by atoms with Gasteiger partial charge >= 0.3 is 0 Å². The number of halogens is 1. The summed E-state index contributed by atoms with van der Waals surface area (Å²) in [6.45, 7) is 10.5. The first-order valence-electron chi connectivity index (χ1n) is 7.74. The lowest BCUT2D eigenvalue weighted by molar-refractivity contribution is 0.651.